The molecule has 0 amide bonds. The van der Waals surface area contributed by atoms with Gasteiger partial charge in [0.15, 0.2) is 5.16 Å². The van der Waals surface area contributed by atoms with Crippen LogP contribution in [0.3, 0.4) is 0 Å². The van der Waals surface area contributed by atoms with Crippen molar-refractivity contribution in [2.24, 2.45) is 0 Å². The molecule has 0 spiro atoms. The van der Waals surface area contributed by atoms with Gasteiger partial charge in [-0.1, -0.05) is 29.7 Å². The van der Waals surface area contributed by atoms with Gasteiger partial charge in [0.25, 0.3) is 0 Å². The molecule has 21 heavy (non-hydrogen) atoms. The smallest absolute Gasteiger partial charge is 0.188 e. The number of thioether (sulfide) groups is 1. The van der Waals surface area contributed by atoms with Crippen molar-refractivity contribution in [1.29, 1.82) is 0 Å². The van der Waals surface area contributed by atoms with Crippen LogP contribution in [-0.2, 0) is 5.75 Å². The predicted molar refractivity (Wildman–Crippen MR) is 83.3 cm³/mol. The van der Waals surface area contributed by atoms with Crippen LogP contribution in [-0.4, -0.2) is 28.8 Å². The highest BCUT2D eigenvalue weighted by atomic mass is 32.2. The highest BCUT2D eigenvalue weighted by Crippen LogP contribution is 2.24. The molecule has 4 nitrogen and oxygen atoms in total. The van der Waals surface area contributed by atoms with E-state index in [9.17, 15) is 0 Å². The second-order valence-electron chi connectivity index (χ2n) is 4.26. The molecule has 0 saturated heterocycles. The summed E-state index contributed by atoms with van der Waals surface area (Å²) in [5.41, 5.74) is 2.83. The minimum Gasteiger partial charge on any atom is -0.495 e. The fraction of sp³-hybridized carbons (Fsp3) is 0.250. The maximum absolute atomic E-state index is 8.80. The van der Waals surface area contributed by atoms with E-state index in [0.717, 1.165) is 27.7 Å². The van der Waals surface area contributed by atoms with E-state index >= 15 is 0 Å². The monoisotopic (exact) mass is 300 g/mol. The minimum absolute atomic E-state index is 0.167. The minimum atomic E-state index is -0.167. The third kappa shape index (κ3) is 4.48. The fourth-order valence-electron chi connectivity index (χ4n) is 1.72. The summed E-state index contributed by atoms with van der Waals surface area (Å²) >= 11 is 1.57. The van der Waals surface area contributed by atoms with Crippen LogP contribution in [0.15, 0.2) is 35.6 Å². The summed E-state index contributed by atoms with van der Waals surface area (Å²) < 4.78 is 5.26. The van der Waals surface area contributed by atoms with Crippen LogP contribution in [0.4, 0.5) is 0 Å². The van der Waals surface area contributed by atoms with E-state index in [1.807, 2.05) is 31.2 Å². The molecule has 2 rings (SSSR count). The molecule has 0 aliphatic rings. The molecular weight excluding hydrogens is 284 g/mol. The number of aliphatic hydroxyl groups is 1. The Labute approximate surface area is 128 Å². The lowest BCUT2D eigenvalue weighted by Crippen LogP contribution is -1.92. The average Bonchev–Trinajstić information content (AvgIpc) is 2.51. The topological polar surface area (TPSA) is 55.2 Å². The molecule has 0 aliphatic heterocycles. The molecule has 1 heterocycles. The van der Waals surface area contributed by atoms with Crippen LogP contribution >= 0.6 is 11.8 Å². The summed E-state index contributed by atoms with van der Waals surface area (Å²) in [6, 6.07) is 7.71. The van der Waals surface area contributed by atoms with Gasteiger partial charge in [-0.2, -0.15) is 0 Å². The van der Waals surface area contributed by atoms with E-state index in [-0.39, 0.29) is 6.61 Å². The van der Waals surface area contributed by atoms with Gasteiger partial charge >= 0.3 is 0 Å². The van der Waals surface area contributed by atoms with Gasteiger partial charge in [0, 0.05) is 17.6 Å². The number of nitrogens with zero attached hydrogens (tertiary/aromatic N) is 2. The van der Waals surface area contributed by atoms with Crippen molar-refractivity contribution in [3.63, 3.8) is 0 Å². The predicted octanol–water partition coefficient (Wildman–Crippen LogP) is 2.43. The summed E-state index contributed by atoms with van der Waals surface area (Å²) in [4.78, 5) is 8.59. The third-order valence-corrected chi connectivity index (χ3v) is 3.64. The molecule has 0 aliphatic carbocycles. The highest BCUT2D eigenvalue weighted by molar-refractivity contribution is 7.98. The van der Waals surface area contributed by atoms with Crippen LogP contribution in [0.2, 0.25) is 0 Å². The number of rotatable bonds is 4. The molecule has 0 saturated carbocycles. The van der Waals surface area contributed by atoms with Gasteiger partial charge in [-0.3, -0.25) is 0 Å². The second kappa shape index (κ2) is 7.67. The first-order chi connectivity index (χ1) is 10.2. The van der Waals surface area contributed by atoms with Crippen LogP contribution < -0.4 is 4.74 Å². The molecule has 5 heteroatoms. The second-order valence-corrected chi connectivity index (χ2v) is 5.21. The summed E-state index contributed by atoms with van der Waals surface area (Å²) in [7, 11) is 1.61. The Bertz CT molecular complexity index is 677. The van der Waals surface area contributed by atoms with Gasteiger partial charge in [-0.05, 0) is 30.7 Å². The molecule has 1 N–H and O–H groups in total. The van der Waals surface area contributed by atoms with Crippen LogP contribution in [0.5, 0.6) is 5.75 Å². The Hall–Kier alpha value is -2.03. The first-order valence-corrected chi connectivity index (χ1v) is 7.40. The van der Waals surface area contributed by atoms with Gasteiger partial charge in [-0.25, -0.2) is 9.97 Å². The van der Waals surface area contributed by atoms with Gasteiger partial charge < -0.3 is 9.84 Å². The third-order valence-electron chi connectivity index (χ3n) is 2.71. The van der Waals surface area contributed by atoms with Crippen LogP contribution in [0.25, 0.3) is 0 Å². The molecular formula is C16H16N2O2S. The molecule has 2 aromatic rings. The maximum atomic E-state index is 8.80. The van der Waals surface area contributed by atoms with E-state index < -0.39 is 0 Å². The normalized spacial score (nSPS) is 9.86. The first kappa shape index (κ1) is 15.4. The lowest BCUT2D eigenvalue weighted by molar-refractivity contribution is 0.350. The molecule has 0 unspecified atom stereocenters. The van der Waals surface area contributed by atoms with Gasteiger partial charge in [-0.15, -0.1) is 0 Å². The van der Waals surface area contributed by atoms with Crippen molar-refractivity contribution in [3.8, 4) is 17.6 Å². The average molecular weight is 300 g/mol. The van der Waals surface area contributed by atoms with Crippen molar-refractivity contribution in [1.82, 2.24) is 9.97 Å². The number of aryl methyl sites for hydroxylation is 1. The number of aliphatic hydroxyl groups excluding tert-OH is 1. The molecule has 0 radical (unpaired) electrons. The Morgan fingerprint density at radius 1 is 1.33 bits per heavy atom. The van der Waals surface area contributed by atoms with Crippen molar-refractivity contribution in [2.45, 2.75) is 17.8 Å². The Kier molecular flexibility index (Phi) is 5.61. The maximum Gasteiger partial charge on any atom is 0.188 e. The molecule has 1 aromatic heterocycles. The van der Waals surface area contributed by atoms with Crippen molar-refractivity contribution in [3.05, 3.63) is 47.3 Å². The van der Waals surface area contributed by atoms with Crippen molar-refractivity contribution < 1.29 is 9.84 Å². The zero-order valence-electron chi connectivity index (χ0n) is 12.0. The van der Waals surface area contributed by atoms with Crippen molar-refractivity contribution >= 4 is 11.8 Å². The standard InChI is InChI=1S/C16H16N2O2S/c1-12-7-8-17-16(18-12)21-11-13-5-6-15(20-2)14(10-13)4-3-9-19/h5-8,10,19H,9,11H2,1-2H3. The SMILES string of the molecule is COc1ccc(CSc2nccc(C)n2)cc1C#CCO. The van der Waals surface area contributed by atoms with E-state index in [1.54, 1.807) is 25.1 Å². The summed E-state index contributed by atoms with van der Waals surface area (Å²) in [6.07, 6.45) is 1.76. The zero-order chi connectivity index (χ0) is 15.1. The molecule has 0 bridgehead atoms. The molecule has 1 aromatic carbocycles. The quantitative estimate of drug-likeness (QED) is 0.534. The lowest BCUT2D eigenvalue weighted by Gasteiger charge is -2.06. The highest BCUT2D eigenvalue weighted by Gasteiger charge is 2.04. The van der Waals surface area contributed by atoms with Crippen LogP contribution in [0.1, 0.15) is 16.8 Å². The summed E-state index contributed by atoms with van der Waals surface area (Å²) in [5.74, 6) is 6.99. The Morgan fingerprint density at radius 2 is 2.19 bits per heavy atom. The van der Waals surface area contributed by atoms with Gasteiger partial charge in [0.1, 0.15) is 12.4 Å². The van der Waals surface area contributed by atoms with Crippen LogP contribution in [0, 0.1) is 18.8 Å². The zero-order valence-corrected chi connectivity index (χ0v) is 12.8. The van der Waals surface area contributed by atoms with Gasteiger partial charge in [0.05, 0.1) is 12.7 Å². The van der Waals surface area contributed by atoms with E-state index in [1.165, 1.54) is 0 Å². The Morgan fingerprint density at radius 3 is 2.90 bits per heavy atom. The summed E-state index contributed by atoms with van der Waals surface area (Å²) in [5, 5.41) is 9.56. The lowest BCUT2D eigenvalue weighted by atomic mass is 10.1. The number of hydrogen-bond acceptors (Lipinski definition) is 5. The molecule has 108 valence electrons. The number of aromatic nitrogens is 2. The number of hydrogen-bond donors (Lipinski definition) is 1. The van der Waals surface area contributed by atoms with E-state index in [4.69, 9.17) is 9.84 Å². The number of ether oxygens (including phenoxy) is 1. The first-order valence-electron chi connectivity index (χ1n) is 6.42. The number of methoxy groups -OCH3 is 1. The molecule has 0 atom stereocenters. The Balaban J connectivity index is 2.13. The fourth-order valence-corrected chi connectivity index (χ4v) is 2.54. The summed E-state index contributed by atoms with van der Waals surface area (Å²) in [6.45, 7) is 1.78. The number of benzene rings is 1. The van der Waals surface area contributed by atoms with E-state index in [0.29, 0.717) is 5.75 Å². The molecule has 0 fully saturated rings. The van der Waals surface area contributed by atoms with Crippen molar-refractivity contribution in [2.75, 3.05) is 13.7 Å². The van der Waals surface area contributed by atoms with E-state index in [2.05, 4.69) is 21.8 Å². The largest absolute Gasteiger partial charge is 0.495 e. The van der Waals surface area contributed by atoms with Gasteiger partial charge in [0.2, 0.25) is 0 Å².